The smallest absolute Gasteiger partial charge is 0.348 e. The first-order valence-corrected chi connectivity index (χ1v) is 9.53. The summed E-state index contributed by atoms with van der Waals surface area (Å²) in [5.74, 6) is -0.505. The van der Waals surface area contributed by atoms with Crippen molar-refractivity contribution in [2.45, 2.75) is 0 Å². The quantitative estimate of drug-likeness (QED) is 0.292. The average Bonchev–Trinajstić information content (AvgIpc) is 3.40. The Morgan fingerprint density at radius 1 is 1.04 bits per heavy atom. The first-order chi connectivity index (χ1) is 13.5. The van der Waals surface area contributed by atoms with Crippen molar-refractivity contribution in [3.8, 4) is 5.75 Å². The largest absolute Gasteiger partial charge is 0.506 e. The van der Waals surface area contributed by atoms with E-state index in [2.05, 4.69) is 31.9 Å². The maximum atomic E-state index is 13.2. The fourth-order valence-corrected chi connectivity index (χ4v) is 3.93. The van der Waals surface area contributed by atoms with Gasteiger partial charge in [0.05, 0.1) is 27.0 Å². The number of phenolic OH excluding ortho intramolecular Hbond substituents is 1. The van der Waals surface area contributed by atoms with Crippen molar-refractivity contribution in [2.75, 3.05) is 0 Å². The molecule has 1 N–H and O–H groups in total. The lowest BCUT2D eigenvalue weighted by Crippen LogP contribution is -2.11. The molecule has 0 atom stereocenters. The zero-order valence-electron chi connectivity index (χ0n) is 13.9. The second-order valence-corrected chi connectivity index (χ2v) is 7.47. The van der Waals surface area contributed by atoms with Crippen molar-refractivity contribution >= 4 is 55.3 Å². The fraction of sp³-hybridized carbons (Fsp3) is 0. The van der Waals surface area contributed by atoms with E-state index in [1.165, 1.54) is 30.7 Å². The summed E-state index contributed by atoms with van der Waals surface area (Å²) < 4.78 is 16.7. The van der Waals surface area contributed by atoms with Gasteiger partial charge in [0.15, 0.2) is 0 Å². The van der Waals surface area contributed by atoms with Crippen molar-refractivity contribution in [1.29, 1.82) is 0 Å². The van der Waals surface area contributed by atoms with E-state index in [1.807, 2.05) is 0 Å². The number of aromatic hydroxyl groups is 1. The van der Waals surface area contributed by atoms with Crippen molar-refractivity contribution in [2.24, 2.45) is 0 Å². The second-order valence-electron chi connectivity index (χ2n) is 5.76. The summed E-state index contributed by atoms with van der Waals surface area (Å²) in [5, 5.41) is 9.87. The number of ether oxygens (including phenoxy) is 1. The third kappa shape index (κ3) is 3.25. The highest BCUT2D eigenvalue weighted by molar-refractivity contribution is 9.11. The first kappa shape index (κ1) is 18.5. The van der Waals surface area contributed by atoms with Crippen LogP contribution in [0.1, 0.15) is 21.9 Å². The van der Waals surface area contributed by atoms with Gasteiger partial charge in [-0.2, -0.15) is 0 Å². The Bertz CT molecular complexity index is 1110. The van der Waals surface area contributed by atoms with Crippen LogP contribution in [0.3, 0.4) is 0 Å². The Kier molecular flexibility index (Phi) is 4.82. The molecule has 6 nitrogen and oxygen atoms in total. The average molecular weight is 506 g/mol. The van der Waals surface area contributed by atoms with Crippen LogP contribution in [0.15, 0.2) is 78.0 Å². The normalized spacial score (nSPS) is 15.4. The van der Waals surface area contributed by atoms with E-state index in [9.17, 15) is 14.7 Å². The van der Waals surface area contributed by atoms with Gasteiger partial charge in [0.1, 0.15) is 28.6 Å². The third-order valence-electron chi connectivity index (χ3n) is 3.99. The van der Waals surface area contributed by atoms with Crippen molar-refractivity contribution in [3.05, 3.63) is 86.3 Å². The van der Waals surface area contributed by atoms with Crippen LogP contribution in [-0.4, -0.2) is 16.9 Å². The monoisotopic (exact) mass is 504 g/mol. The maximum Gasteiger partial charge on any atom is 0.348 e. The Labute approximate surface area is 175 Å². The number of furan rings is 2. The number of rotatable bonds is 4. The van der Waals surface area contributed by atoms with E-state index in [0.29, 0.717) is 20.5 Å². The van der Waals surface area contributed by atoms with Crippen LogP contribution in [0, 0.1) is 0 Å². The van der Waals surface area contributed by atoms with E-state index in [0.717, 1.165) is 0 Å². The van der Waals surface area contributed by atoms with Gasteiger partial charge >= 0.3 is 5.97 Å². The minimum Gasteiger partial charge on any atom is -0.506 e. The lowest BCUT2D eigenvalue weighted by Gasteiger charge is -2.06. The van der Waals surface area contributed by atoms with Gasteiger partial charge in [0.2, 0.25) is 5.78 Å². The van der Waals surface area contributed by atoms with Crippen LogP contribution in [-0.2, 0) is 9.53 Å². The molecule has 28 heavy (non-hydrogen) atoms. The van der Waals surface area contributed by atoms with Crippen LogP contribution < -0.4 is 0 Å². The molecule has 2 aromatic heterocycles. The molecule has 3 aromatic rings. The molecule has 3 heterocycles. The summed E-state index contributed by atoms with van der Waals surface area (Å²) in [7, 11) is 0. The molecule has 0 saturated heterocycles. The molecule has 1 aromatic carbocycles. The van der Waals surface area contributed by atoms with E-state index in [4.69, 9.17) is 13.6 Å². The first-order valence-electron chi connectivity index (χ1n) is 7.94. The van der Waals surface area contributed by atoms with Crippen LogP contribution in [0.4, 0.5) is 0 Å². The molecule has 4 rings (SSSR count). The fourth-order valence-electron chi connectivity index (χ4n) is 2.74. The van der Waals surface area contributed by atoms with E-state index in [1.54, 1.807) is 24.3 Å². The van der Waals surface area contributed by atoms with Gasteiger partial charge < -0.3 is 18.7 Å². The summed E-state index contributed by atoms with van der Waals surface area (Å²) in [6.07, 6.45) is 4.43. The minimum atomic E-state index is -0.797. The summed E-state index contributed by atoms with van der Waals surface area (Å²) in [4.78, 5) is 25.7. The molecular formula is C20H10Br2O6. The molecule has 140 valence electrons. The minimum absolute atomic E-state index is 0.0517. The molecule has 1 aliphatic rings. The Balaban J connectivity index is 1.89. The van der Waals surface area contributed by atoms with Gasteiger partial charge in [-0.25, -0.2) is 4.79 Å². The number of esters is 1. The van der Waals surface area contributed by atoms with Gasteiger partial charge in [0.25, 0.3) is 0 Å². The molecule has 1 aliphatic heterocycles. The summed E-state index contributed by atoms with van der Waals surface area (Å²) in [6.45, 7) is 0. The van der Waals surface area contributed by atoms with Crippen molar-refractivity contribution in [3.63, 3.8) is 0 Å². The molecule has 0 bridgehead atoms. The standard InChI is InChI=1S/C20H10Br2O6/c21-12-7-10(8-13(22)19(12)24)18(23)17-16(14-4-2-6-27-14)15(28-20(17)25)9-11-3-1-5-26-11/h1-9,24H/b15-9-. The second kappa shape index (κ2) is 7.29. The highest BCUT2D eigenvalue weighted by atomic mass is 79.9. The number of benzene rings is 1. The Hall–Kier alpha value is -2.84. The number of hydrogen-bond donors (Lipinski definition) is 1. The molecule has 8 heteroatoms. The number of carbonyl (C=O) groups excluding carboxylic acids is 2. The van der Waals surface area contributed by atoms with Gasteiger partial charge in [-0.1, -0.05) is 0 Å². The van der Waals surface area contributed by atoms with Crippen LogP contribution in [0.25, 0.3) is 11.6 Å². The van der Waals surface area contributed by atoms with Crippen molar-refractivity contribution < 1.29 is 28.3 Å². The molecule has 0 aliphatic carbocycles. The van der Waals surface area contributed by atoms with Gasteiger partial charge in [-0.05, 0) is 68.3 Å². The highest BCUT2D eigenvalue weighted by Crippen LogP contribution is 2.39. The van der Waals surface area contributed by atoms with Crippen LogP contribution >= 0.6 is 31.9 Å². The molecule has 0 radical (unpaired) electrons. The maximum absolute atomic E-state index is 13.2. The van der Waals surface area contributed by atoms with E-state index in [-0.39, 0.29) is 28.2 Å². The lowest BCUT2D eigenvalue weighted by molar-refractivity contribution is -0.132. The summed E-state index contributed by atoms with van der Waals surface area (Å²) in [6, 6.07) is 9.51. The number of phenols is 1. The number of carbonyl (C=O) groups is 2. The predicted molar refractivity (Wildman–Crippen MR) is 106 cm³/mol. The SMILES string of the molecule is O=C1O/C(=C\c2ccco2)C(c2ccco2)=C1C(=O)c1cc(Br)c(O)c(Br)c1. The number of halogens is 2. The lowest BCUT2D eigenvalue weighted by atomic mass is 9.97. The van der Waals surface area contributed by atoms with E-state index < -0.39 is 11.8 Å². The molecular weight excluding hydrogens is 496 g/mol. The van der Waals surface area contributed by atoms with Gasteiger partial charge in [-0.3, -0.25) is 4.79 Å². The molecule has 0 unspecified atom stereocenters. The van der Waals surface area contributed by atoms with Gasteiger partial charge in [0, 0.05) is 11.6 Å². The molecule has 0 amide bonds. The summed E-state index contributed by atoms with van der Waals surface area (Å²) >= 11 is 6.38. The highest BCUT2D eigenvalue weighted by Gasteiger charge is 2.37. The summed E-state index contributed by atoms with van der Waals surface area (Å²) in [5.41, 5.74) is 0.251. The zero-order chi connectivity index (χ0) is 19.8. The van der Waals surface area contributed by atoms with E-state index >= 15 is 0 Å². The van der Waals surface area contributed by atoms with Crippen molar-refractivity contribution in [1.82, 2.24) is 0 Å². The predicted octanol–water partition coefficient (Wildman–Crippen LogP) is 5.34. The molecule has 0 spiro atoms. The zero-order valence-corrected chi connectivity index (χ0v) is 17.1. The van der Waals surface area contributed by atoms with Gasteiger partial charge in [-0.15, -0.1) is 0 Å². The number of cyclic esters (lactones) is 1. The number of ketones is 1. The Morgan fingerprint density at radius 3 is 2.32 bits per heavy atom. The molecule has 0 saturated carbocycles. The van der Waals surface area contributed by atoms with Crippen LogP contribution in [0.2, 0.25) is 0 Å². The Morgan fingerprint density at radius 2 is 1.71 bits per heavy atom. The van der Waals surface area contributed by atoms with Crippen LogP contribution in [0.5, 0.6) is 5.75 Å². The number of hydrogen-bond acceptors (Lipinski definition) is 6. The number of allylic oxidation sites excluding steroid dienone is 1. The molecule has 0 fully saturated rings. The number of Topliss-reactive ketones (excluding diaryl/α,β-unsaturated/α-hetero) is 1. The topological polar surface area (TPSA) is 89.9 Å². The third-order valence-corrected chi connectivity index (χ3v) is 5.20.